The molecule has 0 saturated carbocycles. The van der Waals surface area contributed by atoms with Gasteiger partial charge in [0, 0.05) is 42.5 Å². The first-order chi connectivity index (χ1) is 18.1. The van der Waals surface area contributed by atoms with E-state index in [4.69, 9.17) is 4.74 Å². The Labute approximate surface area is 235 Å². The number of benzene rings is 1. The van der Waals surface area contributed by atoms with Gasteiger partial charge in [-0.1, -0.05) is 48.7 Å². The summed E-state index contributed by atoms with van der Waals surface area (Å²) in [6.45, 7) is 11.1. The Bertz CT molecular complexity index is 938. The molecule has 0 aromatic heterocycles. The highest BCUT2D eigenvalue weighted by molar-refractivity contribution is 9.10. The molecule has 1 rings (SSSR count). The van der Waals surface area contributed by atoms with Crippen molar-refractivity contribution >= 4 is 45.2 Å². The van der Waals surface area contributed by atoms with Crippen LogP contribution in [0.1, 0.15) is 81.9 Å². The minimum absolute atomic E-state index is 0.0189. The monoisotopic (exact) mass is 596 g/mol. The van der Waals surface area contributed by atoms with Gasteiger partial charge in [-0.05, 0) is 56.7 Å². The lowest BCUT2D eigenvalue weighted by Crippen LogP contribution is -2.47. The highest BCUT2D eigenvalue weighted by Gasteiger charge is 2.22. The molecule has 38 heavy (non-hydrogen) atoms. The first-order valence-electron chi connectivity index (χ1n) is 13.6. The molecular formula is C28H45BrN4O5. The van der Waals surface area contributed by atoms with Gasteiger partial charge in [0.05, 0.1) is 13.2 Å². The summed E-state index contributed by atoms with van der Waals surface area (Å²) in [7, 11) is 0. The summed E-state index contributed by atoms with van der Waals surface area (Å²) in [5, 5.41) is 11.3. The van der Waals surface area contributed by atoms with Crippen molar-refractivity contribution in [3.8, 4) is 0 Å². The average Bonchev–Trinajstić information content (AvgIpc) is 2.87. The zero-order chi connectivity index (χ0) is 28.5. The molecule has 0 bridgehead atoms. The number of carbonyl (C=O) groups is 4. The first kappa shape index (κ1) is 33.6. The van der Waals surface area contributed by atoms with Crippen LogP contribution in [0.25, 0.3) is 0 Å². The summed E-state index contributed by atoms with van der Waals surface area (Å²) in [6, 6.07) is 1.17. The van der Waals surface area contributed by atoms with Crippen molar-refractivity contribution in [3.05, 3.63) is 27.2 Å². The lowest BCUT2D eigenvalue weighted by molar-refractivity contribution is -0.129. The third-order valence-corrected chi connectivity index (χ3v) is 7.27. The SMILES string of the molecule is CCCCCC(=O)NCCOCCNC(=O)[C@@H](CCC(=O)Nc1c(C)cc(C)c(Br)c1C)NC(=O)CCC. The number of carbonyl (C=O) groups excluding carboxylic acids is 4. The van der Waals surface area contributed by atoms with Crippen molar-refractivity contribution in [1.82, 2.24) is 16.0 Å². The highest BCUT2D eigenvalue weighted by Crippen LogP contribution is 2.30. The quantitative estimate of drug-likeness (QED) is 0.189. The van der Waals surface area contributed by atoms with E-state index in [-0.39, 0.29) is 49.6 Å². The van der Waals surface area contributed by atoms with Crippen LogP contribution in [0.15, 0.2) is 10.5 Å². The molecule has 0 aliphatic rings. The molecule has 1 atom stereocenters. The first-order valence-corrected chi connectivity index (χ1v) is 14.4. The Morgan fingerprint density at radius 2 is 1.53 bits per heavy atom. The number of hydrogen-bond acceptors (Lipinski definition) is 5. The zero-order valence-corrected chi connectivity index (χ0v) is 25.1. The molecule has 1 aromatic rings. The fourth-order valence-corrected chi connectivity index (χ4v) is 4.26. The van der Waals surface area contributed by atoms with Gasteiger partial charge in [0.1, 0.15) is 6.04 Å². The molecule has 0 fully saturated rings. The van der Waals surface area contributed by atoms with Crippen molar-refractivity contribution in [2.75, 3.05) is 31.6 Å². The van der Waals surface area contributed by atoms with Crippen LogP contribution in [-0.2, 0) is 23.9 Å². The Kier molecular flexibility index (Phi) is 16.6. The summed E-state index contributed by atoms with van der Waals surface area (Å²) in [5.41, 5.74) is 3.73. The van der Waals surface area contributed by atoms with E-state index in [1.54, 1.807) is 0 Å². The van der Waals surface area contributed by atoms with Crippen molar-refractivity contribution in [2.24, 2.45) is 0 Å². The van der Waals surface area contributed by atoms with E-state index in [2.05, 4.69) is 44.1 Å². The van der Waals surface area contributed by atoms with Gasteiger partial charge >= 0.3 is 0 Å². The molecular weight excluding hydrogens is 552 g/mol. The van der Waals surface area contributed by atoms with E-state index in [0.717, 1.165) is 46.1 Å². The van der Waals surface area contributed by atoms with Crippen LogP contribution in [0.3, 0.4) is 0 Å². The second kappa shape index (κ2) is 18.7. The topological polar surface area (TPSA) is 126 Å². The third-order valence-electron chi connectivity index (χ3n) is 6.05. The Morgan fingerprint density at radius 1 is 0.842 bits per heavy atom. The number of rotatable bonds is 18. The molecule has 214 valence electrons. The maximum atomic E-state index is 12.8. The van der Waals surface area contributed by atoms with Crippen molar-refractivity contribution in [2.45, 2.75) is 92.0 Å². The van der Waals surface area contributed by atoms with E-state index in [9.17, 15) is 19.2 Å². The van der Waals surface area contributed by atoms with Crippen LogP contribution in [0.5, 0.6) is 0 Å². The molecule has 0 aliphatic carbocycles. The van der Waals surface area contributed by atoms with E-state index in [1.165, 1.54) is 0 Å². The van der Waals surface area contributed by atoms with E-state index >= 15 is 0 Å². The number of hydrogen-bond donors (Lipinski definition) is 4. The van der Waals surface area contributed by atoms with Gasteiger partial charge in [-0.15, -0.1) is 0 Å². The number of halogens is 1. The average molecular weight is 598 g/mol. The summed E-state index contributed by atoms with van der Waals surface area (Å²) >= 11 is 3.56. The van der Waals surface area contributed by atoms with Gasteiger partial charge < -0.3 is 26.0 Å². The summed E-state index contributed by atoms with van der Waals surface area (Å²) in [6.07, 6.45) is 4.72. The number of anilines is 1. The maximum absolute atomic E-state index is 12.8. The standard InChI is InChI=1S/C28H45BrN4O5/c1-6-8-9-11-23(34)30-14-16-38-17-15-31-28(37)22(32-24(35)10-7-2)12-13-25(36)33-27-20(4)18-19(3)26(29)21(27)5/h18,22H,6-17H2,1-5H3,(H,30,34)(H,31,37)(H,32,35)(H,33,36)/t22-/m1/s1. The van der Waals surface area contributed by atoms with Gasteiger partial charge in [-0.3, -0.25) is 19.2 Å². The molecule has 0 aliphatic heterocycles. The van der Waals surface area contributed by atoms with Gasteiger partial charge in [0.15, 0.2) is 0 Å². The number of ether oxygens (including phenoxy) is 1. The summed E-state index contributed by atoms with van der Waals surface area (Å²) < 4.78 is 6.42. The molecule has 4 N–H and O–H groups in total. The van der Waals surface area contributed by atoms with Gasteiger partial charge in [-0.2, -0.15) is 0 Å². The molecule has 0 unspecified atom stereocenters. The van der Waals surface area contributed by atoms with Crippen LogP contribution in [0.2, 0.25) is 0 Å². The number of aryl methyl sites for hydroxylation is 2. The third kappa shape index (κ3) is 12.9. The predicted octanol–water partition coefficient (Wildman–Crippen LogP) is 4.21. The van der Waals surface area contributed by atoms with Crippen LogP contribution < -0.4 is 21.3 Å². The molecule has 9 nitrogen and oxygen atoms in total. The number of unbranched alkanes of at least 4 members (excludes halogenated alkanes) is 2. The Balaban J connectivity index is 2.51. The largest absolute Gasteiger partial charge is 0.378 e. The van der Waals surface area contributed by atoms with Gasteiger partial charge in [0.2, 0.25) is 23.6 Å². The molecule has 4 amide bonds. The van der Waals surface area contributed by atoms with E-state index in [1.807, 2.05) is 33.8 Å². The van der Waals surface area contributed by atoms with Crippen LogP contribution >= 0.6 is 15.9 Å². The van der Waals surface area contributed by atoms with Crippen LogP contribution in [0.4, 0.5) is 5.69 Å². The highest BCUT2D eigenvalue weighted by atomic mass is 79.9. The van der Waals surface area contributed by atoms with Crippen LogP contribution in [-0.4, -0.2) is 56.0 Å². The zero-order valence-electron chi connectivity index (χ0n) is 23.6. The van der Waals surface area contributed by atoms with Gasteiger partial charge in [0.25, 0.3) is 0 Å². The van der Waals surface area contributed by atoms with E-state index < -0.39 is 6.04 Å². The fourth-order valence-electron chi connectivity index (χ4n) is 3.95. The summed E-state index contributed by atoms with van der Waals surface area (Å²) in [5.74, 6) is -0.798. The predicted molar refractivity (Wildman–Crippen MR) is 154 cm³/mol. The smallest absolute Gasteiger partial charge is 0.242 e. The fraction of sp³-hybridized carbons (Fsp3) is 0.643. The number of amides is 4. The molecule has 0 radical (unpaired) electrons. The molecule has 1 aromatic carbocycles. The van der Waals surface area contributed by atoms with Crippen molar-refractivity contribution < 1.29 is 23.9 Å². The molecule has 0 heterocycles. The van der Waals surface area contributed by atoms with Crippen molar-refractivity contribution in [3.63, 3.8) is 0 Å². The Morgan fingerprint density at radius 3 is 2.18 bits per heavy atom. The minimum Gasteiger partial charge on any atom is -0.378 e. The molecule has 0 spiro atoms. The lowest BCUT2D eigenvalue weighted by Gasteiger charge is -2.19. The lowest BCUT2D eigenvalue weighted by atomic mass is 10.0. The number of nitrogens with one attached hydrogen (secondary N) is 4. The summed E-state index contributed by atoms with van der Waals surface area (Å²) in [4.78, 5) is 49.4. The molecule has 10 heteroatoms. The minimum atomic E-state index is -0.825. The van der Waals surface area contributed by atoms with Crippen LogP contribution in [0, 0.1) is 20.8 Å². The van der Waals surface area contributed by atoms with Gasteiger partial charge in [-0.25, -0.2) is 0 Å². The second-order valence-electron chi connectivity index (χ2n) is 9.49. The maximum Gasteiger partial charge on any atom is 0.242 e. The Hall–Kier alpha value is -2.46. The normalized spacial score (nSPS) is 11.5. The molecule has 0 saturated heterocycles. The van der Waals surface area contributed by atoms with Crippen molar-refractivity contribution in [1.29, 1.82) is 0 Å². The van der Waals surface area contributed by atoms with E-state index in [0.29, 0.717) is 32.4 Å². The second-order valence-corrected chi connectivity index (χ2v) is 10.3.